The molecule has 2 aromatic heterocycles. The average molecular weight is 361 g/mol. The number of aliphatic hydroxyl groups is 1. The summed E-state index contributed by atoms with van der Waals surface area (Å²) in [6, 6.07) is 0. The second-order valence-electron chi connectivity index (χ2n) is 7.85. The molecule has 0 spiro atoms. The van der Waals surface area contributed by atoms with Crippen molar-refractivity contribution < 1.29 is 14.6 Å². The number of hydrogen-bond acceptors (Lipinski definition) is 6. The van der Waals surface area contributed by atoms with Crippen LogP contribution in [0.3, 0.4) is 0 Å². The van der Waals surface area contributed by atoms with Crippen molar-refractivity contribution in [1.82, 2.24) is 19.5 Å². The number of hydrogen-bond donors (Lipinski definition) is 3. The summed E-state index contributed by atoms with van der Waals surface area (Å²) in [6.07, 6.45) is 2.74. The van der Waals surface area contributed by atoms with Gasteiger partial charge in [-0.05, 0) is 18.3 Å². The van der Waals surface area contributed by atoms with Gasteiger partial charge < -0.3 is 9.84 Å². The number of ether oxygens (including phenoxy) is 1. The summed E-state index contributed by atoms with van der Waals surface area (Å²) in [5, 5.41) is 13.0. The van der Waals surface area contributed by atoms with Crippen LogP contribution in [0.2, 0.25) is 0 Å². The van der Waals surface area contributed by atoms with E-state index in [-0.39, 0.29) is 34.8 Å². The number of aromatic nitrogens is 4. The summed E-state index contributed by atoms with van der Waals surface area (Å²) < 4.78 is 7.74. The summed E-state index contributed by atoms with van der Waals surface area (Å²) in [7, 11) is 0. The third-order valence-corrected chi connectivity index (χ3v) is 5.33. The van der Waals surface area contributed by atoms with Crippen molar-refractivity contribution in [3.63, 3.8) is 0 Å². The molecule has 3 N–H and O–H groups in total. The Morgan fingerprint density at radius 3 is 2.88 bits per heavy atom. The van der Waals surface area contributed by atoms with Crippen LogP contribution in [0.4, 0.5) is 5.95 Å². The second kappa shape index (κ2) is 5.88. The number of nitrogens with zero attached hydrogens (tertiary/aromatic N) is 3. The summed E-state index contributed by atoms with van der Waals surface area (Å²) in [6.45, 7) is 5.61. The van der Waals surface area contributed by atoms with Crippen LogP contribution in [-0.2, 0) is 9.53 Å². The molecular weight excluding hydrogens is 338 g/mol. The SMILES string of the molecule is CC(C)C(=O)Nc1nc2c(ncn2[C@H]2CC(O)[C@@H](C3(C)CC3)O2)c(=O)[nH]1. The van der Waals surface area contributed by atoms with Crippen LogP contribution in [0.25, 0.3) is 11.2 Å². The van der Waals surface area contributed by atoms with E-state index < -0.39 is 17.9 Å². The van der Waals surface area contributed by atoms with Gasteiger partial charge in [-0.1, -0.05) is 20.8 Å². The Morgan fingerprint density at radius 2 is 2.23 bits per heavy atom. The average Bonchev–Trinajstić information content (AvgIpc) is 3.00. The normalized spacial score (nSPS) is 27.2. The first kappa shape index (κ1) is 17.2. The lowest BCUT2D eigenvalue weighted by Gasteiger charge is -2.21. The van der Waals surface area contributed by atoms with Gasteiger partial charge in [0.05, 0.1) is 18.5 Å². The van der Waals surface area contributed by atoms with E-state index in [1.165, 1.54) is 6.33 Å². The minimum Gasteiger partial charge on any atom is -0.390 e. The summed E-state index contributed by atoms with van der Waals surface area (Å²) in [5.41, 5.74) is 0.0849. The molecule has 9 nitrogen and oxygen atoms in total. The molecular formula is C17H23N5O4. The van der Waals surface area contributed by atoms with Gasteiger partial charge in [0.2, 0.25) is 11.9 Å². The van der Waals surface area contributed by atoms with Crippen LogP contribution < -0.4 is 10.9 Å². The predicted molar refractivity (Wildman–Crippen MR) is 93.5 cm³/mol. The Kier molecular flexibility index (Phi) is 3.89. The Labute approximate surface area is 149 Å². The lowest BCUT2D eigenvalue weighted by Crippen LogP contribution is -2.29. The zero-order chi connectivity index (χ0) is 18.6. The van der Waals surface area contributed by atoms with Gasteiger partial charge in [0.1, 0.15) is 6.23 Å². The first-order chi connectivity index (χ1) is 12.3. The smallest absolute Gasteiger partial charge is 0.280 e. The molecule has 1 aliphatic heterocycles. The maximum absolute atomic E-state index is 12.3. The second-order valence-corrected chi connectivity index (χ2v) is 7.85. The van der Waals surface area contributed by atoms with Crippen molar-refractivity contribution >= 4 is 23.0 Å². The van der Waals surface area contributed by atoms with E-state index in [9.17, 15) is 14.7 Å². The first-order valence-electron chi connectivity index (χ1n) is 8.90. The molecule has 4 rings (SSSR count). The highest BCUT2D eigenvalue weighted by atomic mass is 16.5. The zero-order valence-corrected chi connectivity index (χ0v) is 15.0. The molecule has 0 bridgehead atoms. The molecule has 0 radical (unpaired) electrons. The number of H-pyrrole nitrogens is 1. The number of carbonyl (C=O) groups excluding carboxylic acids is 1. The molecule has 140 valence electrons. The molecule has 1 aliphatic carbocycles. The fraction of sp³-hybridized carbons (Fsp3) is 0.647. The molecule has 3 atom stereocenters. The first-order valence-corrected chi connectivity index (χ1v) is 8.90. The largest absolute Gasteiger partial charge is 0.390 e. The number of fused-ring (bicyclic) bond motifs is 1. The van der Waals surface area contributed by atoms with E-state index in [0.717, 1.165) is 12.8 Å². The third kappa shape index (κ3) is 2.80. The van der Waals surface area contributed by atoms with E-state index in [1.54, 1.807) is 18.4 Å². The van der Waals surface area contributed by atoms with Crippen molar-refractivity contribution in [3.8, 4) is 0 Å². The predicted octanol–water partition coefficient (Wildman–Crippen LogP) is 1.16. The van der Waals surface area contributed by atoms with Crippen molar-refractivity contribution in [2.75, 3.05) is 5.32 Å². The van der Waals surface area contributed by atoms with Crippen molar-refractivity contribution in [1.29, 1.82) is 0 Å². The monoisotopic (exact) mass is 361 g/mol. The number of rotatable bonds is 4. The number of amides is 1. The van der Waals surface area contributed by atoms with E-state index in [1.807, 2.05) is 0 Å². The third-order valence-electron chi connectivity index (χ3n) is 5.33. The van der Waals surface area contributed by atoms with Gasteiger partial charge in [0.25, 0.3) is 5.56 Å². The van der Waals surface area contributed by atoms with Crippen LogP contribution in [0.5, 0.6) is 0 Å². The topological polar surface area (TPSA) is 122 Å². The highest BCUT2D eigenvalue weighted by molar-refractivity contribution is 5.91. The zero-order valence-electron chi connectivity index (χ0n) is 15.0. The fourth-order valence-corrected chi connectivity index (χ4v) is 3.39. The maximum Gasteiger partial charge on any atom is 0.280 e. The quantitative estimate of drug-likeness (QED) is 0.751. The molecule has 1 saturated carbocycles. The molecule has 2 aliphatic rings. The molecule has 26 heavy (non-hydrogen) atoms. The number of anilines is 1. The Bertz CT molecular complexity index is 914. The standard InChI is InChI=1S/C17H23N5O4/c1-8(2)14(24)20-16-19-13-11(15(25)21-16)18-7-22(13)10-6-9(23)12(26-10)17(3)4-5-17/h7-10,12,23H,4-6H2,1-3H3,(H2,19,20,21,24,25)/t9?,10-,12+/m1/s1. The molecule has 0 aromatic carbocycles. The van der Waals surface area contributed by atoms with Gasteiger partial charge in [0, 0.05) is 12.3 Å². The van der Waals surface area contributed by atoms with Gasteiger partial charge in [-0.25, -0.2) is 4.98 Å². The maximum atomic E-state index is 12.3. The molecule has 1 unspecified atom stereocenters. The number of carbonyl (C=O) groups is 1. The van der Waals surface area contributed by atoms with Crippen LogP contribution in [-0.4, -0.2) is 42.7 Å². The van der Waals surface area contributed by atoms with Gasteiger partial charge >= 0.3 is 0 Å². The highest BCUT2D eigenvalue weighted by Crippen LogP contribution is 2.54. The van der Waals surface area contributed by atoms with Gasteiger partial charge in [-0.15, -0.1) is 0 Å². The molecule has 1 saturated heterocycles. The Hall–Kier alpha value is -2.26. The Balaban J connectivity index is 1.67. The van der Waals surface area contributed by atoms with Crippen molar-refractivity contribution in [2.45, 2.75) is 58.5 Å². The Morgan fingerprint density at radius 1 is 1.50 bits per heavy atom. The fourth-order valence-electron chi connectivity index (χ4n) is 3.39. The van der Waals surface area contributed by atoms with Crippen LogP contribution in [0.15, 0.2) is 11.1 Å². The van der Waals surface area contributed by atoms with Crippen LogP contribution in [0.1, 0.15) is 46.3 Å². The molecule has 3 heterocycles. The molecule has 9 heteroatoms. The van der Waals surface area contributed by atoms with E-state index in [2.05, 4.69) is 27.2 Å². The summed E-state index contributed by atoms with van der Waals surface area (Å²) in [5.74, 6) is -0.408. The van der Waals surface area contributed by atoms with Gasteiger partial charge in [0.15, 0.2) is 11.2 Å². The van der Waals surface area contributed by atoms with Gasteiger partial charge in [-0.3, -0.25) is 24.5 Å². The van der Waals surface area contributed by atoms with Crippen molar-refractivity contribution in [2.24, 2.45) is 11.3 Å². The van der Waals surface area contributed by atoms with E-state index in [0.29, 0.717) is 12.1 Å². The van der Waals surface area contributed by atoms with E-state index >= 15 is 0 Å². The van der Waals surface area contributed by atoms with Crippen molar-refractivity contribution in [3.05, 3.63) is 16.7 Å². The lowest BCUT2D eigenvalue weighted by molar-refractivity contribution is -0.118. The van der Waals surface area contributed by atoms with Crippen LogP contribution >= 0.6 is 0 Å². The highest BCUT2D eigenvalue weighted by Gasteiger charge is 2.53. The van der Waals surface area contributed by atoms with Gasteiger partial charge in [-0.2, -0.15) is 4.98 Å². The number of nitrogens with one attached hydrogen (secondary N) is 2. The number of aromatic amines is 1. The van der Waals surface area contributed by atoms with E-state index in [4.69, 9.17) is 4.74 Å². The molecule has 2 fully saturated rings. The minimum atomic E-state index is -0.563. The molecule has 1 amide bonds. The van der Waals surface area contributed by atoms with Crippen LogP contribution in [0, 0.1) is 11.3 Å². The number of aliphatic hydroxyl groups excluding tert-OH is 1. The summed E-state index contributed by atoms with van der Waals surface area (Å²) in [4.78, 5) is 35.2. The summed E-state index contributed by atoms with van der Waals surface area (Å²) >= 11 is 0. The minimum absolute atomic E-state index is 0.0197. The number of imidazole rings is 1. The molecule has 2 aromatic rings. The lowest BCUT2D eigenvalue weighted by atomic mass is 9.97.